The first kappa shape index (κ1) is 32.1. The number of nitrogens with zero attached hydrogens (tertiary/aromatic N) is 4. The number of aliphatic hydroxyl groups excluding tert-OH is 1. The van der Waals surface area contributed by atoms with Crippen molar-refractivity contribution in [2.45, 2.75) is 13.0 Å². The molecule has 1 aliphatic heterocycles. The Morgan fingerprint density at radius 2 is 1.52 bits per heavy atom. The van der Waals surface area contributed by atoms with E-state index in [2.05, 4.69) is 4.90 Å². The molecule has 0 atom stereocenters. The molecule has 0 aliphatic carbocycles. The fourth-order valence-corrected chi connectivity index (χ4v) is 5.40. The number of benzene rings is 3. The molecule has 8 nitrogen and oxygen atoms in total. The van der Waals surface area contributed by atoms with Crippen LogP contribution in [-0.2, 0) is 22.6 Å². The average molecular weight is 631 g/mol. The number of rotatable bonds is 9. The first-order valence-electron chi connectivity index (χ1n) is 14.7. The number of amides is 1. The van der Waals surface area contributed by atoms with Crippen molar-refractivity contribution in [2.24, 2.45) is 0 Å². The monoisotopic (exact) mass is 630 g/mol. The predicted molar refractivity (Wildman–Crippen MR) is 171 cm³/mol. The molecular formula is C35H33F3N4O4. The van der Waals surface area contributed by atoms with Gasteiger partial charge < -0.3 is 24.4 Å². The van der Waals surface area contributed by atoms with Crippen LogP contribution in [0, 0.1) is 17.5 Å². The predicted octanol–water partition coefficient (Wildman–Crippen LogP) is 4.79. The van der Waals surface area contributed by atoms with Gasteiger partial charge in [0.25, 0.3) is 11.5 Å². The molecule has 1 fully saturated rings. The number of piperazine rings is 1. The lowest BCUT2D eigenvalue weighted by molar-refractivity contribution is -0.142. The zero-order valence-corrected chi connectivity index (χ0v) is 25.4. The molecular weight excluding hydrogens is 597 g/mol. The summed E-state index contributed by atoms with van der Waals surface area (Å²) in [6, 6.07) is 18.1. The van der Waals surface area contributed by atoms with Gasteiger partial charge in [0, 0.05) is 75.6 Å². The van der Waals surface area contributed by atoms with E-state index in [9.17, 15) is 32.7 Å². The molecule has 1 amide bonds. The summed E-state index contributed by atoms with van der Waals surface area (Å²) in [7, 11) is 3.91. The van der Waals surface area contributed by atoms with Gasteiger partial charge >= 0.3 is 0 Å². The Balaban J connectivity index is 1.36. The zero-order chi connectivity index (χ0) is 33.0. The summed E-state index contributed by atoms with van der Waals surface area (Å²) in [6.45, 7) is 1.35. The van der Waals surface area contributed by atoms with E-state index in [-0.39, 0.29) is 42.7 Å². The van der Waals surface area contributed by atoms with Crippen LogP contribution in [0.5, 0.6) is 0 Å². The van der Waals surface area contributed by atoms with Gasteiger partial charge in [-0.25, -0.2) is 13.2 Å². The third-order valence-corrected chi connectivity index (χ3v) is 7.82. The van der Waals surface area contributed by atoms with E-state index in [1.165, 1.54) is 35.4 Å². The molecule has 3 aromatic carbocycles. The van der Waals surface area contributed by atoms with Gasteiger partial charge in [-0.05, 0) is 66.1 Å². The van der Waals surface area contributed by atoms with E-state index >= 15 is 0 Å². The minimum Gasteiger partial charge on any atom is -0.507 e. The van der Waals surface area contributed by atoms with Crippen molar-refractivity contribution in [1.29, 1.82) is 0 Å². The van der Waals surface area contributed by atoms with Crippen molar-refractivity contribution in [2.75, 3.05) is 50.1 Å². The van der Waals surface area contributed by atoms with Crippen molar-refractivity contribution >= 4 is 28.8 Å². The Bertz CT molecular complexity index is 1830. The van der Waals surface area contributed by atoms with Gasteiger partial charge in [-0.3, -0.25) is 14.4 Å². The van der Waals surface area contributed by atoms with E-state index in [1.807, 2.05) is 43.3 Å². The smallest absolute Gasteiger partial charge is 0.294 e. The summed E-state index contributed by atoms with van der Waals surface area (Å²) in [4.78, 5) is 44.9. The number of carbonyl (C=O) groups is 2. The number of anilines is 2. The Labute approximate surface area is 264 Å². The van der Waals surface area contributed by atoms with Crippen LogP contribution in [0.1, 0.15) is 22.3 Å². The third kappa shape index (κ3) is 7.48. The van der Waals surface area contributed by atoms with E-state index < -0.39 is 40.5 Å². The minimum absolute atomic E-state index is 0.0401. The average Bonchev–Trinajstić information content (AvgIpc) is 3.02. The third-order valence-electron chi connectivity index (χ3n) is 7.82. The molecule has 4 aromatic rings. The fraction of sp³-hybridized carbons (Fsp3) is 0.229. The van der Waals surface area contributed by atoms with Crippen molar-refractivity contribution < 1.29 is 27.9 Å². The summed E-state index contributed by atoms with van der Waals surface area (Å²) in [6.07, 6.45) is 2.06. The van der Waals surface area contributed by atoms with Crippen LogP contribution < -0.4 is 15.4 Å². The highest BCUT2D eigenvalue weighted by atomic mass is 19.1. The lowest BCUT2D eigenvalue weighted by Crippen LogP contribution is -2.50. The minimum atomic E-state index is -1.01. The SMILES string of the molecule is CN(C)c1ccc(N2CCN(C(=O)C(=O)C=C(O)c3cc(Cc4cc(F)cc(F)c4)cn(Cc4ccccc4F)c3=O)CC2)cc1. The van der Waals surface area contributed by atoms with E-state index in [0.29, 0.717) is 24.7 Å². The second-order valence-corrected chi connectivity index (χ2v) is 11.3. The topological polar surface area (TPSA) is 86.1 Å². The summed E-state index contributed by atoms with van der Waals surface area (Å²) in [5, 5.41) is 10.9. The number of pyridine rings is 1. The van der Waals surface area contributed by atoms with Gasteiger partial charge in [0.2, 0.25) is 5.78 Å². The molecule has 46 heavy (non-hydrogen) atoms. The molecule has 5 rings (SSSR count). The summed E-state index contributed by atoms with van der Waals surface area (Å²) < 4.78 is 43.3. The van der Waals surface area contributed by atoms with Gasteiger partial charge in [0.15, 0.2) is 0 Å². The van der Waals surface area contributed by atoms with Crippen LogP contribution in [0.3, 0.4) is 0 Å². The molecule has 1 N–H and O–H groups in total. The molecule has 238 valence electrons. The fourth-order valence-electron chi connectivity index (χ4n) is 5.40. The van der Waals surface area contributed by atoms with Crippen molar-refractivity contribution in [3.8, 4) is 0 Å². The molecule has 1 saturated heterocycles. The summed E-state index contributed by atoms with van der Waals surface area (Å²) >= 11 is 0. The van der Waals surface area contributed by atoms with E-state index in [4.69, 9.17) is 0 Å². The lowest BCUT2D eigenvalue weighted by Gasteiger charge is -2.35. The zero-order valence-electron chi connectivity index (χ0n) is 25.4. The highest BCUT2D eigenvalue weighted by Crippen LogP contribution is 2.22. The maximum atomic E-state index is 14.5. The van der Waals surface area contributed by atoms with Crippen LogP contribution in [-0.4, -0.2) is 66.5 Å². The molecule has 0 saturated carbocycles. The van der Waals surface area contributed by atoms with E-state index in [1.54, 1.807) is 6.07 Å². The van der Waals surface area contributed by atoms with Crippen molar-refractivity contribution in [3.63, 3.8) is 0 Å². The molecule has 0 unspecified atom stereocenters. The molecule has 2 heterocycles. The first-order valence-corrected chi connectivity index (χ1v) is 14.7. The number of aliphatic hydroxyl groups is 1. The normalized spacial score (nSPS) is 13.5. The van der Waals surface area contributed by atoms with Gasteiger partial charge in [-0.1, -0.05) is 18.2 Å². The number of hydrogen-bond donors (Lipinski definition) is 1. The molecule has 0 bridgehead atoms. The molecule has 1 aromatic heterocycles. The Morgan fingerprint density at radius 1 is 0.870 bits per heavy atom. The number of carbonyl (C=O) groups excluding carboxylic acids is 2. The highest BCUT2D eigenvalue weighted by Gasteiger charge is 2.26. The number of hydrogen-bond acceptors (Lipinski definition) is 6. The van der Waals surface area contributed by atoms with Crippen LogP contribution in [0.4, 0.5) is 24.5 Å². The van der Waals surface area contributed by atoms with Crippen molar-refractivity contribution in [1.82, 2.24) is 9.47 Å². The maximum absolute atomic E-state index is 14.5. The lowest BCUT2D eigenvalue weighted by atomic mass is 10.0. The van der Waals surface area contributed by atoms with Crippen LogP contribution in [0.2, 0.25) is 0 Å². The van der Waals surface area contributed by atoms with Crippen LogP contribution in [0.25, 0.3) is 5.76 Å². The second-order valence-electron chi connectivity index (χ2n) is 11.3. The maximum Gasteiger partial charge on any atom is 0.294 e. The molecule has 0 radical (unpaired) electrons. The molecule has 0 spiro atoms. The number of aromatic nitrogens is 1. The summed E-state index contributed by atoms with van der Waals surface area (Å²) in [5.41, 5.74) is 1.77. The Hall–Kier alpha value is -5.32. The van der Waals surface area contributed by atoms with Crippen molar-refractivity contribution in [3.05, 3.63) is 135 Å². The van der Waals surface area contributed by atoms with Gasteiger partial charge in [-0.15, -0.1) is 0 Å². The van der Waals surface area contributed by atoms with E-state index in [0.717, 1.165) is 34.1 Å². The molecule has 1 aliphatic rings. The highest BCUT2D eigenvalue weighted by molar-refractivity contribution is 6.41. The van der Waals surface area contributed by atoms with Gasteiger partial charge in [-0.2, -0.15) is 0 Å². The van der Waals surface area contributed by atoms with Crippen LogP contribution >= 0.6 is 0 Å². The largest absolute Gasteiger partial charge is 0.507 e. The number of halogens is 3. The Kier molecular flexibility index (Phi) is 9.60. The summed E-state index contributed by atoms with van der Waals surface area (Å²) in [5.74, 6) is -4.72. The van der Waals surface area contributed by atoms with Crippen LogP contribution in [0.15, 0.2) is 89.9 Å². The number of ketones is 1. The quantitative estimate of drug-likeness (QED) is 0.163. The Morgan fingerprint density at radius 3 is 2.15 bits per heavy atom. The second kappa shape index (κ2) is 13.8. The van der Waals surface area contributed by atoms with Gasteiger partial charge in [0.1, 0.15) is 23.2 Å². The standard InChI is InChI=1S/C35H33F3N4O4/c1-39(2)28-7-9-29(10-8-28)40-11-13-41(14-12-40)35(46)33(44)20-32(43)30-18-24(15-23-16-26(36)19-27(37)17-23)21-42(34(30)45)22-25-5-3-4-6-31(25)38/h3-10,16-21,43H,11-15,22H2,1-2H3. The first-order chi connectivity index (χ1) is 22.0. The van der Waals surface area contributed by atoms with Gasteiger partial charge in [0.05, 0.1) is 12.1 Å². The molecule has 11 heteroatoms.